The largest absolute Gasteiger partial charge is 0.465 e. The Balaban J connectivity index is 1.68. The topological polar surface area (TPSA) is 116 Å². The molecule has 1 fully saturated rings. The Bertz CT molecular complexity index is 818. The number of rotatable bonds is 6. The van der Waals surface area contributed by atoms with Crippen LogP contribution in [0.2, 0.25) is 0 Å². The lowest BCUT2D eigenvalue weighted by atomic mass is 9.90. The molecule has 29 heavy (non-hydrogen) atoms. The molecule has 7 nitrogen and oxygen atoms in total. The van der Waals surface area contributed by atoms with Crippen LogP contribution in [0.15, 0.2) is 48.5 Å². The van der Waals surface area contributed by atoms with Crippen molar-refractivity contribution in [3.05, 3.63) is 70.8 Å². The van der Waals surface area contributed by atoms with Gasteiger partial charge >= 0.3 is 5.97 Å². The highest BCUT2D eigenvalue weighted by atomic mass is 16.5. The van der Waals surface area contributed by atoms with Crippen molar-refractivity contribution in [2.45, 2.75) is 43.4 Å². The molecule has 5 atom stereocenters. The van der Waals surface area contributed by atoms with Gasteiger partial charge in [-0.15, -0.1) is 0 Å². The van der Waals surface area contributed by atoms with Crippen LogP contribution >= 0.6 is 0 Å². The predicted octanol–water partition coefficient (Wildman–Crippen LogP) is 0.773. The number of benzene rings is 2. The highest BCUT2D eigenvalue weighted by Crippen LogP contribution is 2.32. The van der Waals surface area contributed by atoms with Gasteiger partial charge < -0.3 is 29.9 Å². The number of ether oxygens (including phenoxy) is 2. The molecule has 7 heteroatoms. The fraction of sp³-hybridized carbons (Fsp3) is 0.409. The third-order valence-electron chi connectivity index (χ3n) is 5.25. The van der Waals surface area contributed by atoms with Gasteiger partial charge in [-0.1, -0.05) is 36.4 Å². The Labute approximate surface area is 169 Å². The van der Waals surface area contributed by atoms with Crippen molar-refractivity contribution in [2.75, 3.05) is 13.7 Å². The fourth-order valence-corrected chi connectivity index (χ4v) is 3.52. The molecule has 1 aliphatic rings. The molecule has 1 aliphatic heterocycles. The van der Waals surface area contributed by atoms with Crippen molar-refractivity contribution in [1.82, 2.24) is 0 Å². The average Bonchev–Trinajstić information content (AvgIpc) is 2.76. The number of carbonyl (C=O) groups excluding carboxylic acids is 1. The first-order chi connectivity index (χ1) is 13.9. The van der Waals surface area contributed by atoms with Gasteiger partial charge in [0.2, 0.25) is 0 Å². The van der Waals surface area contributed by atoms with Gasteiger partial charge in [0, 0.05) is 0 Å². The van der Waals surface area contributed by atoms with Crippen LogP contribution in [0.25, 0.3) is 0 Å². The van der Waals surface area contributed by atoms with Crippen LogP contribution in [0.4, 0.5) is 0 Å². The number of aryl methyl sites for hydroxylation is 2. The van der Waals surface area contributed by atoms with Gasteiger partial charge in [-0.3, -0.25) is 0 Å². The van der Waals surface area contributed by atoms with Crippen LogP contribution in [-0.4, -0.2) is 64.5 Å². The van der Waals surface area contributed by atoms with Crippen LogP contribution in [0.5, 0.6) is 0 Å². The monoisotopic (exact) mass is 402 g/mol. The van der Waals surface area contributed by atoms with Crippen molar-refractivity contribution < 1.29 is 34.7 Å². The molecule has 2 aromatic carbocycles. The van der Waals surface area contributed by atoms with Crippen LogP contribution in [0.3, 0.4) is 0 Å². The van der Waals surface area contributed by atoms with Crippen LogP contribution in [0, 0.1) is 0 Å². The lowest BCUT2D eigenvalue weighted by Crippen LogP contribution is -2.55. The van der Waals surface area contributed by atoms with E-state index in [1.165, 1.54) is 7.11 Å². The summed E-state index contributed by atoms with van der Waals surface area (Å²) in [5.74, 6) is -0.371. The van der Waals surface area contributed by atoms with E-state index in [1.54, 1.807) is 18.2 Å². The Hall–Kier alpha value is -2.29. The highest BCUT2D eigenvalue weighted by Gasteiger charge is 2.43. The minimum absolute atomic E-state index is 0.371. The Morgan fingerprint density at radius 2 is 1.66 bits per heavy atom. The summed E-state index contributed by atoms with van der Waals surface area (Å²) in [4.78, 5) is 11.5. The van der Waals surface area contributed by atoms with E-state index in [4.69, 9.17) is 9.47 Å². The SMILES string of the molecule is COC(=O)c1ccc(CCc2cccc([C@H]3O[C@H](CO)[C@@H](O)[C@H](O)[C@H]3O)c2)cc1. The van der Waals surface area contributed by atoms with E-state index in [-0.39, 0.29) is 5.97 Å². The molecule has 156 valence electrons. The molecule has 0 bridgehead atoms. The number of methoxy groups -OCH3 is 1. The quantitative estimate of drug-likeness (QED) is 0.528. The summed E-state index contributed by atoms with van der Waals surface area (Å²) in [5, 5.41) is 39.6. The number of aliphatic hydroxyl groups is 4. The second kappa shape index (κ2) is 9.47. The Kier molecular flexibility index (Phi) is 7.00. The zero-order chi connectivity index (χ0) is 21.0. The molecule has 1 heterocycles. The van der Waals surface area contributed by atoms with Gasteiger partial charge in [0.05, 0.1) is 19.3 Å². The first-order valence-electron chi connectivity index (χ1n) is 9.51. The summed E-state index contributed by atoms with van der Waals surface area (Å²) in [5.41, 5.74) is 3.24. The molecule has 3 rings (SSSR count). The van der Waals surface area contributed by atoms with E-state index in [0.29, 0.717) is 11.1 Å². The number of esters is 1. The van der Waals surface area contributed by atoms with Gasteiger partial charge in [-0.05, 0) is 41.7 Å². The molecular weight excluding hydrogens is 376 g/mol. The normalized spacial score (nSPS) is 26.9. The molecule has 0 spiro atoms. The summed E-state index contributed by atoms with van der Waals surface area (Å²) >= 11 is 0. The molecule has 0 radical (unpaired) electrons. The Morgan fingerprint density at radius 1 is 0.966 bits per heavy atom. The summed E-state index contributed by atoms with van der Waals surface area (Å²) in [6.45, 7) is -0.456. The molecule has 4 N–H and O–H groups in total. The number of hydrogen-bond acceptors (Lipinski definition) is 7. The van der Waals surface area contributed by atoms with E-state index in [2.05, 4.69) is 0 Å². The average molecular weight is 402 g/mol. The third kappa shape index (κ3) is 4.83. The lowest BCUT2D eigenvalue weighted by Gasteiger charge is -2.40. The maximum atomic E-state index is 11.5. The van der Waals surface area contributed by atoms with E-state index in [9.17, 15) is 25.2 Å². The molecule has 2 aromatic rings. The van der Waals surface area contributed by atoms with Crippen LogP contribution in [0.1, 0.15) is 33.2 Å². The summed E-state index contributed by atoms with van der Waals surface area (Å²) in [6, 6.07) is 14.7. The molecular formula is C22H26O7. The first-order valence-corrected chi connectivity index (χ1v) is 9.51. The molecule has 0 saturated carbocycles. The molecule has 0 aliphatic carbocycles. The fourth-order valence-electron chi connectivity index (χ4n) is 3.52. The van der Waals surface area contributed by atoms with Crippen molar-refractivity contribution in [1.29, 1.82) is 0 Å². The lowest BCUT2D eigenvalue weighted by molar-refractivity contribution is -0.231. The van der Waals surface area contributed by atoms with Crippen molar-refractivity contribution in [3.8, 4) is 0 Å². The van der Waals surface area contributed by atoms with Gasteiger partial charge in [0.1, 0.15) is 30.5 Å². The Morgan fingerprint density at radius 3 is 2.31 bits per heavy atom. The van der Waals surface area contributed by atoms with Gasteiger partial charge in [0.15, 0.2) is 0 Å². The van der Waals surface area contributed by atoms with Crippen molar-refractivity contribution in [3.63, 3.8) is 0 Å². The minimum atomic E-state index is -1.40. The van der Waals surface area contributed by atoms with Crippen molar-refractivity contribution in [2.24, 2.45) is 0 Å². The van der Waals surface area contributed by atoms with E-state index >= 15 is 0 Å². The first kappa shape index (κ1) is 21.4. The van der Waals surface area contributed by atoms with Gasteiger partial charge in [-0.25, -0.2) is 4.79 Å². The summed E-state index contributed by atoms with van der Waals surface area (Å²) in [6.07, 6.45) is -4.37. The van der Waals surface area contributed by atoms with Crippen molar-refractivity contribution >= 4 is 5.97 Å². The second-order valence-corrected chi connectivity index (χ2v) is 7.18. The molecule has 0 amide bonds. The second-order valence-electron chi connectivity index (χ2n) is 7.18. The number of carbonyl (C=O) groups is 1. The zero-order valence-electron chi connectivity index (χ0n) is 16.1. The zero-order valence-corrected chi connectivity index (χ0v) is 16.1. The predicted molar refractivity (Wildman–Crippen MR) is 104 cm³/mol. The maximum absolute atomic E-state index is 11.5. The smallest absolute Gasteiger partial charge is 0.337 e. The minimum Gasteiger partial charge on any atom is -0.465 e. The van der Waals surface area contributed by atoms with Gasteiger partial charge in [-0.2, -0.15) is 0 Å². The number of hydrogen-bond donors (Lipinski definition) is 4. The molecule has 0 unspecified atom stereocenters. The standard InChI is InChI=1S/C22H26O7/c1-28-22(27)15-9-7-13(8-10-15)5-6-14-3-2-4-16(11-14)21-20(26)19(25)18(24)17(12-23)29-21/h2-4,7-11,17-21,23-26H,5-6,12H2,1H3/t17-,18-,19+,20-,21-/m1/s1. The van der Waals surface area contributed by atoms with E-state index in [0.717, 1.165) is 24.0 Å². The summed E-state index contributed by atoms with van der Waals surface area (Å²) in [7, 11) is 1.35. The number of aliphatic hydroxyl groups excluding tert-OH is 4. The van der Waals surface area contributed by atoms with Gasteiger partial charge in [0.25, 0.3) is 0 Å². The van der Waals surface area contributed by atoms with E-state index < -0.39 is 37.1 Å². The molecule has 1 saturated heterocycles. The van der Waals surface area contributed by atoms with Crippen LogP contribution < -0.4 is 0 Å². The van der Waals surface area contributed by atoms with Crippen LogP contribution in [-0.2, 0) is 22.3 Å². The molecule has 0 aromatic heterocycles. The highest BCUT2D eigenvalue weighted by molar-refractivity contribution is 5.89. The summed E-state index contributed by atoms with van der Waals surface area (Å²) < 4.78 is 10.3. The van der Waals surface area contributed by atoms with E-state index in [1.807, 2.05) is 30.3 Å². The third-order valence-corrected chi connectivity index (χ3v) is 5.25. The maximum Gasteiger partial charge on any atom is 0.337 e.